The molecule has 0 atom stereocenters. The van der Waals surface area contributed by atoms with Crippen LogP contribution in [0.25, 0.3) is 0 Å². The van der Waals surface area contributed by atoms with Crippen LogP contribution >= 0.6 is 11.6 Å². The lowest BCUT2D eigenvalue weighted by Crippen LogP contribution is -2.36. The molecule has 0 bridgehead atoms. The predicted molar refractivity (Wildman–Crippen MR) is 100 cm³/mol. The van der Waals surface area contributed by atoms with Crippen molar-refractivity contribution in [1.29, 1.82) is 0 Å². The van der Waals surface area contributed by atoms with E-state index in [9.17, 15) is 9.59 Å². The highest BCUT2D eigenvalue weighted by atomic mass is 35.5. The number of rotatable bonds is 3. The third kappa shape index (κ3) is 3.31. The first kappa shape index (κ1) is 17.0. The third-order valence-electron chi connectivity index (χ3n) is 5.20. The van der Waals surface area contributed by atoms with E-state index in [1.54, 1.807) is 18.2 Å². The van der Waals surface area contributed by atoms with Gasteiger partial charge in [-0.3, -0.25) is 9.59 Å². The number of carbonyl (C=O) groups excluding carboxylic acids is 2. The molecular formula is C20H20ClN3O2. The fraction of sp³-hybridized carbons (Fsp3) is 0.350. The van der Waals surface area contributed by atoms with Gasteiger partial charge in [-0.05, 0) is 48.7 Å². The lowest BCUT2D eigenvalue weighted by atomic mass is 9.94. The predicted octanol–water partition coefficient (Wildman–Crippen LogP) is 4.28. The number of aromatic nitrogens is 1. The molecule has 1 saturated carbocycles. The Morgan fingerprint density at radius 2 is 1.96 bits per heavy atom. The van der Waals surface area contributed by atoms with Crippen molar-refractivity contribution in [3.05, 3.63) is 58.4 Å². The molecule has 2 aliphatic rings. The molecule has 1 aromatic carbocycles. The van der Waals surface area contributed by atoms with Crippen LogP contribution in [0.15, 0.2) is 36.5 Å². The monoisotopic (exact) mass is 369 g/mol. The van der Waals surface area contributed by atoms with Gasteiger partial charge in [0.2, 0.25) is 0 Å². The van der Waals surface area contributed by atoms with E-state index in [0.717, 1.165) is 24.0 Å². The second-order valence-electron chi connectivity index (χ2n) is 6.92. The number of nitrogens with one attached hydrogen (secondary N) is 1. The summed E-state index contributed by atoms with van der Waals surface area (Å²) in [6.07, 6.45) is 7.28. The van der Waals surface area contributed by atoms with Crippen LogP contribution in [0.5, 0.6) is 0 Å². The summed E-state index contributed by atoms with van der Waals surface area (Å²) in [5, 5.41) is 3.21. The molecule has 0 spiro atoms. The van der Waals surface area contributed by atoms with Gasteiger partial charge in [0, 0.05) is 30.0 Å². The number of carbonyl (C=O) groups is 2. The zero-order valence-corrected chi connectivity index (χ0v) is 15.1. The van der Waals surface area contributed by atoms with Crippen molar-refractivity contribution in [3.8, 4) is 0 Å². The number of hydrogen-bond donors (Lipinski definition) is 1. The Labute approximate surface area is 157 Å². The van der Waals surface area contributed by atoms with E-state index < -0.39 is 0 Å². The Morgan fingerprint density at radius 1 is 1.15 bits per heavy atom. The summed E-state index contributed by atoms with van der Waals surface area (Å²) in [6.45, 7) is 0.630. The van der Waals surface area contributed by atoms with Crippen LogP contribution in [0, 0.1) is 0 Å². The van der Waals surface area contributed by atoms with Crippen molar-refractivity contribution in [2.24, 2.45) is 0 Å². The van der Waals surface area contributed by atoms with Crippen molar-refractivity contribution >= 4 is 29.1 Å². The molecule has 2 aromatic rings. The molecule has 134 valence electrons. The van der Waals surface area contributed by atoms with Crippen LogP contribution in [-0.2, 0) is 6.54 Å². The van der Waals surface area contributed by atoms with Crippen LogP contribution in [0.1, 0.15) is 58.4 Å². The average Bonchev–Trinajstić information content (AvgIpc) is 2.99. The number of benzene rings is 1. The summed E-state index contributed by atoms with van der Waals surface area (Å²) >= 11 is 5.75. The highest BCUT2D eigenvalue weighted by molar-refractivity contribution is 6.29. The molecule has 1 aliphatic carbocycles. The van der Waals surface area contributed by atoms with Gasteiger partial charge in [-0.2, -0.15) is 0 Å². The van der Waals surface area contributed by atoms with Gasteiger partial charge in [0.15, 0.2) is 0 Å². The van der Waals surface area contributed by atoms with Gasteiger partial charge < -0.3 is 10.2 Å². The molecule has 2 amide bonds. The number of pyridine rings is 1. The molecular weight excluding hydrogens is 350 g/mol. The molecule has 0 saturated heterocycles. The second kappa shape index (κ2) is 7.08. The first-order chi connectivity index (χ1) is 12.6. The molecule has 4 rings (SSSR count). The standard InChI is InChI=1S/C20H20ClN3O2/c21-18-9-6-13(11-22-18)19(25)23-15-7-8-17-14(10-15)12-24(20(17)26)16-4-2-1-3-5-16/h6-11,16H,1-5,12H2,(H,23,25). The summed E-state index contributed by atoms with van der Waals surface area (Å²) in [5.74, 6) is -0.130. The zero-order valence-electron chi connectivity index (χ0n) is 14.4. The summed E-state index contributed by atoms with van der Waals surface area (Å²) < 4.78 is 0. The summed E-state index contributed by atoms with van der Waals surface area (Å²) in [7, 11) is 0. The number of amides is 2. The molecule has 1 fully saturated rings. The maximum atomic E-state index is 12.7. The quantitative estimate of drug-likeness (QED) is 0.821. The van der Waals surface area contributed by atoms with E-state index in [1.165, 1.54) is 25.5 Å². The van der Waals surface area contributed by atoms with Crippen LogP contribution < -0.4 is 5.32 Å². The lowest BCUT2D eigenvalue weighted by molar-refractivity contribution is 0.0660. The van der Waals surface area contributed by atoms with Crippen LogP contribution in [-0.4, -0.2) is 27.7 Å². The Kier molecular flexibility index (Phi) is 4.64. The van der Waals surface area contributed by atoms with Gasteiger partial charge in [-0.15, -0.1) is 0 Å². The summed E-state index contributed by atoms with van der Waals surface area (Å²) in [5.41, 5.74) is 2.85. The molecule has 6 heteroatoms. The van der Waals surface area contributed by atoms with E-state index in [0.29, 0.717) is 29.0 Å². The van der Waals surface area contributed by atoms with Crippen molar-refractivity contribution in [1.82, 2.24) is 9.88 Å². The van der Waals surface area contributed by atoms with Crippen LogP contribution in [0.4, 0.5) is 5.69 Å². The largest absolute Gasteiger partial charge is 0.331 e. The summed E-state index contributed by atoms with van der Waals surface area (Å²) in [4.78, 5) is 31.0. The van der Waals surface area contributed by atoms with Gasteiger partial charge in [0.05, 0.1) is 5.56 Å². The van der Waals surface area contributed by atoms with Crippen molar-refractivity contribution in [2.75, 3.05) is 5.32 Å². The normalized spacial score (nSPS) is 17.3. The van der Waals surface area contributed by atoms with Crippen molar-refractivity contribution < 1.29 is 9.59 Å². The number of fused-ring (bicyclic) bond motifs is 1. The first-order valence-corrected chi connectivity index (χ1v) is 9.36. The maximum absolute atomic E-state index is 12.7. The molecule has 1 aromatic heterocycles. The van der Waals surface area contributed by atoms with Gasteiger partial charge in [0.1, 0.15) is 5.15 Å². The van der Waals surface area contributed by atoms with Gasteiger partial charge in [-0.1, -0.05) is 30.9 Å². The zero-order chi connectivity index (χ0) is 18.1. The lowest BCUT2D eigenvalue weighted by Gasteiger charge is -2.30. The maximum Gasteiger partial charge on any atom is 0.257 e. The van der Waals surface area contributed by atoms with Crippen LogP contribution in [0.3, 0.4) is 0 Å². The second-order valence-corrected chi connectivity index (χ2v) is 7.31. The Bertz CT molecular complexity index is 845. The third-order valence-corrected chi connectivity index (χ3v) is 5.42. The Morgan fingerprint density at radius 3 is 2.69 bits per heavy atom. The van der Waals surface area contributed by atoms with Gasteiger partial charge in [0.25, 0.3) is 11.8 Å². The van der Waals surface area contributed by atoms with E-state index in [-0.39, 0.29) is 11.8 Å². The van der Waals surface area contributed by atoms with E-state index in [4.69, 9.17) is 11.6 Å². The highest BCUT2D eigenvalue weighted by Gasteiger charge is 2.33. The van der Waals surface area contributed by atoms with Crippen LogP contribution in [0.2, 0.25) is 5.15 Å². The number of hydrogen-bond acceptors (Lipinski definition) is 3. The van der Waals surface area contributed by atoms with E-state index in [2.05, 4.69) is 10.3 Å². The topological polar surface area (TPSA) is 62.3 Å². The number of anilines is 1. The molecule has 2 heterocycles. The molecule has 26 heavy (non-hydrogen) atoms. The minimum Gasteiger partial charge on any atom is -0.331 e. The fourth-order valence-electron chi connectivity index (χ4n) is 3.82. The van der Waals surface area contributed by atoms with Crippen molar-refractivity contribution in [3.63, 3.8) is 0 Å². The molecule has 0 radical (unpaired) electrons. The number of halogens is 1. The molecule has 1 aliphatic heterocycles. The first-order valence-electron chi connectivity index (χ1n) is 8.98. The Hall–Kier alpha value is -2.40. The molecule has 5 nitrogen and oxygen atoms in total. The number of nitrogens with zero attached hydrogens (tertiary/aromatic N) is 2. The van der Waals surface area contributed by atoms with E-state index >= 15 is 0 Å². The summed E-state index contributed by atoms with van der Waals surface area (Å²) in [6, 6.07) is 9.06. The SMILES string of the molecule is O=C(Nc1ccc2c(c1)CN(C1CCCCC1)C2=O)c1ccc(Cl)nc1. The highest BCUT2D eigenvalue weighted by Crippen LogP contribution is 2.32. The fourth-order valence-corrected chi connectivity index (χ4v) is 3.93. The molecule has 1 N–H and O–H groups in total. The van der Waals surface area contributed by atoms with Crippen molar-refractivity contribution in [2.45, 2.75) is 44.7 Å². The minimum absolute atomic E-state index is 0.117. The minimum atomic E-state index is -0.248. The smallest absolute Gasteiger partial charge is 0.257 e. The van der Waals surface area contributed by atoms with E-state index in [1.807, 2.05) is 17.0 Å². The molecule has 0 unspecified atom stereocenters. The Balaban J connectivity index is 1.49. The van der Waals surface area contributed by atoms with Gasteiger partial charge in [-0.25, -0.2) is 4.98 Å². The van der Waals surface area contributed by atoms with Gasteiger partial charge >= 0.3 is 0 Å². The average molecular weight is 370 g/mol.